The van der Waals surface area contributed by atoms with Crippen molar-refractivity contribution in [2.45, 2.75) is 6.42 Å². The Kier molecular flexibility index (Phi) is 3.96. The van der Waals surface area contributed by atoms with Gasteiger partial charge in [0, 0.05) is 23.5 Å². The number of hydrogen-bond donors (Lipinski definition) is 1. The Hall–Kier alpha value is -1.67. The molecule has 7 nitrogen and oxygen atoms in total. The summed E-state index contributed by atoms with van der Waals surface area (Å²) in [7, 11) is 0. The number of nitrogens with zero attached hydrogens (tertiary/aromatic N) is 2. The van der Waals surface area contributed by atoms with Crippen molar-refractivity contribution >= 4 is 50.8 Å². The molecule has 0 saturated carbocycles. The second kappa shape index (κ2) is 5.37. The molecule has 1 aromatic carbocycles. The molecule has 2 rings (SSSR count). The average molecular weight is 364 g/mol. The summed E-state index contributed by atoms with van der Waals surface area (Å²) in [6.07, 6.45) is -0.180. The number of benzene rings is 1. The molecule has 1 atom stereocenters. The summed E-state index contributed by atoms with van der Waals surface area (Å²) < 4.78 is 0.330. The topological polar surface area (TPSA) is 101 Å². The van der Waals surface area contributed by atoms with Gasteiger partial charge in [0.1, 0.15) is 5.69 Å². The lowest BCUT2D eigenvalue weighted by Gasteiger charge is -2.16. The second-order valence-electron chi connectivity index (χ2n) is 4.26. The standard InChI is InChI=1S/C11H8BrClN2O5/c12-6-2-9(15(19)20)8(3-7(6)13)14-4-5(11(17)18)1-10(14)16/h2-3,5H,1,4H2,(H,17,18). The fraction of sp³-hybridized carbons (Fsp3) is 0.273. The summed E-state index contributed by atoms with van der Waals surface area (Å²) in [6.45, 7) is -0.104. The third-order valence-corrected chi connectivity index (χ3v) is 4.18. The van der Waals surface area contributed by atoms with Crippen LogP contribution in [0, 0.1) is 16.0 Å². The van der Waals surface area contributed by atoms with Gasteiger partial charge in [0.05, 0.1) is 15.9 Å². The molecule has 0 radical (unpaired) electrons. The molecule has 1 N–H and O–H groups in total. The molecule has 20 heavy (non-hydrogen) atoms. The van der Waals surface area contributed by atoms with E-state index in [9.17, 15) is 19.7 Å². The number of carbonyl (C=O) groups excluding carboxylic acids is 1. The zero-order chi connectivity index (χ0) is 15.0. The summed E-state index contributed by atoms with van der Waals surface area (Å²) in [5, 5.41) is 20.2. The number of nitro benzene ring substituents is 1. The Bertz CT molecular complexity index is 621. The minimum Gasteiger partial charge on any atom is -0.481 e. The van der Waals surface area contributed by atoms with Gasteiger partial charge in [-0.25, -0.2) is 0 Å². The normalized spacial score (nSPS) is 18.4. The van der Waals surface area contributed by atoms with Crippen molar-refractivity contribution in [2.75, 3.05) is 11.4 Å². The van der Waals surface area contributed by atoms with E-state index in [-0.39, 0.29) is 29.4 Å². The lowest BCUT2D eigenvalue weighted by molar-refractivity contribution is -0.384. The molecule has 1 saturated heterocycles. The van der Waals surface area contributed by atoms with Gasteiger partial charge in [-0.3, -0.25) is 19.7 Å². The fourth-order valence-corrected chi connectivity index (χ4v) is 2.48. The van der Waals surface area contributed by atoms with Gasteiger partial charge in [0.15, 0.2) is 0 Å². The molecule has 1 amide bonds. The molecule has 1 heterocycles. The quantitative estimate of drug-likeness (QED) is 0.656. The van der Waals surface area contributed by atoms with Crippen molar-refractivity contribution < 1.29 is 19.6 Å². The van der Waals surface area contributed by atoms with Crippen molar-refractivity contribution in [3.05, 3.63) is 31.7 Å². The van der Waals surface area contributed by atoms with E-state index in [0.717, 1.165) is 4.90 Å². The van der Waals surface area contributed by atoms with Crippen LogP contribution in [0.25, 0.3) is 0 Å². The Morgan fingerprint density at radius 3 is 2.70 bits per heavy atom. The average Bonchev–Trinajstić information content (AvgIpc) is 2.74. The van der Waals surface area contributed by atoms with Crippen molar-refractivity contribution in [1.82, 2.24) is 0 Å². The van der Waals surface area contributed by atoms with Crippen LogP contribution in [0.5, 0.6) is 0 Å². The SMILES string of the molecule is O=C(O)C1CC(=O)N(c2cc(Cl)c(Br)cc2[N+](=O)[O-])C1. The van der Waals surface area contributed by atoms with Gasteiger partial charge in [0.25, 0.3) is 5.69 Å². The van der Waals surface area contributed by atoms with Gasteiger partial charge in [-0.05, 0) is 22.0 Å². The Labute approximate surface area is 126 Å². The summed E-state index contributed by atoms with van der Waals surface area (Å²) in [5.74, 6) is -2.45. The zero-order valence-electron chi connectivity index (χ0n) is 9.88. The highest BCUT2D eigenvalue weighted by atomic mass is 79.9. The van der Waals surface area contributed by atoms with E-state index in [4.69, 9.17) is 16.7 Å². The van der Waals surface area contributed by atoms with Crippen molar-refractivity contribution in [3.63, 3.8) is 0 Å². The summed E-state index contributed by atoms with van der Waals surface area (Å²) in [5.41, 5.74) is -0.294. The third-order valence-electron chi connectivity index (χ3n) is 2.98. The number of anilines is 1. The molecule has 106 valence electrons. The van der Waals surface area contributed by atoms with Crippen LogP contribution in [-0.2, 0) is 9.59 Å². The van der Waals surface area contributed by atoms with E-state index < -0.39 is 22.7 Å². The first kappa shape index (κ1) is 14.7. The van der Waals surface area contributed by atoms with Gasteiger partial charge in [-0.2, -0.15) is 0 Å². The number of carboxylic acids is 1. The van der Waals surface area contributed by atoms with Crippen LogP contribution < -0.4 is 4.90 Å². The third kappa shape index (κ3) is 2.61. The van der Waals surface area contributed by atoms with Gasteiger partial charge < -0.3 is 10.0 Å². The van der Waals surface area contributed by atoms with Gasteiger partial charge in [0.2, 0.25) is 5.91 Å². The number of aliphatic carboxylic acids is 1. The molecular formula is C11H8BrClN2O5. The predicted octanol–water partition coefficient (Wildman–Crippen LogP) is 2.45. The van der Waals surface area contributed by atoms with Crippen LogP contribution in [0.2, 0.25) is 5.02 Å². The highest BCUT2D eigenvalue weighted by Gasteiger charge is 2.38. The van der Waals surface area contributed by atoms with Crippen molar-refractivity contribution in [2.24, 2.45) is 5.92 Å². The maximum Gasteiger partial charge on any atom is 0.308 e. The molecule has 0 spiro atoms. The number of rotatable bonds is 3. The summed E-state index contributed by atoms with van der Waals surface area (Å²) >= 11 is 8.97. The van der Waals surface area contributed by atoms with Crippen LogP contribution in [0.1, 0.15) is 6.42 Å². The molecule has 1 unspecified atom stereocenters. The first-order valence-corrected chi connectivity index (χ1v) is 6.65. The maximum atomic E-state index is 11.8. The minimum absolute atomic E-state index is 0.0111. The molecule has 1 fully saturated rings. The molecule has 0 aromatic heterocycles. The Morgan fingerprint density at radius 2 is 2.20 bits per heavy atom. The first-order chi connectivity index (χ1) is 9.31. The van der Waals surface area contributed by atoms with E-state index in [1.54, 1.807) is 0 Å². The highest BCUT2D eigenvalue weighted by Crippen LogP contribution is 2.38. The Balaban J connectivity index is 2.47. The van der Waals surface area contributed by atoms with E-state index in [1.165, 1.54) is 12.1 Å². The predicted molar refractivity (Wildman–Crippen MR) is 73.9 cm³/mol. The van der Waals surface area contributed by atoms with E-state index in [1.807, 2.05) is 0 Å². The molecular weight excluding hydrogens is 355 g/mol. The molecule has 0 bridgehead atoms. The van der Waals surface area contributed by atoms with Gasteiger partial charge in [-0.1, -0.05) is 11.6 Å². The number of hydrogen-bond acceptors (Lipinski definition) is 4. The van der Waals surface area contributed by atoms with Crippen LogP contribution in [0.15, 0.2) is 16.6 Å². The largest absolute Gasteiger partial charge is 0.481 e. The van der Waals surface area contributed by atoms with Crippen LogP contribution in [0.3, 0.4) is 0 Å². The van der Waals surface area contributed by atoms with E-state index in [0.29, 0.717) is 4.47 Å². The molecule has 1 aromatic rings. The number of halogens is 2. The lowest BCUT2D eigenvalue weighted by atomic mass is 10.1. The minimum atomic E-state index is -1.10. The van der Waals surface area contributed by atoms with Crippen LogP contribution in [0.4, 0.5) is 11.4 Å². The molecule has 9 heteroatoms. The van der Waals surface area contributed by atoms with Crippen molar-refractivity contribution in [3.8, 4) is 0 Å². The zero-order valence-corrected chi connectivity index (χ0v) is 12.2. The summed E-state index contributed by atoms with van der Waals surface area (Å²) in [4.78, 5) is 34.3. The molecule has 1 aliphatic heterocycles. The van der Waals surface area contributed by atoms with Gasteiger partial charge in [-0.15, -0.1) is 0 Å². The number of nitro groups is 1. The molecule has 0 aliphatic carbocycles. The van der Waals surface area contributed by atoms with Gasteiger partial charge >= 0.3 is 5.97 Å². The highest BCUT2D eigenvalue weighted by molar-refractivity contribution is 9.10. The number of carbonyl (C=O) groups is 2. The first-order valence-electron chi connectivity index (χ1n) is 5.48. The summed E-state index contributed by atoms with van der Waals surface area (Å²) in [6, 6.07) is 2.48. The molecule has 1 aliphatic rings. The van der Waals surface area contributed by atoms with Crippen LogP contribution >= 0.6 is 27.5 Å². The number of carboxylic acid groups (broad SMARTS) is 1. The Morgan fingerprint density at radius 1 is 1.55 bits per heavy atom. The smallest absolute Gasteiger partial charge is 0.308 e. The number of amides is 1. The monoisotopic (exact) mass is 362 g/mol. The van der Waals surface area contributed by atoms with E-state index in [2.05, 4.69) is 15.9 Å². The second-order valence-corrected chi connectivity index (χ2v) is 5.52. The lowest BCUT2D eigenvalue weighted by Crippen LogP contribution is -2.26. The maximum absolute atomic E-state index is 11.8. The fourth-order valence-electron chi connectivity index (χ4n) is 1.99. The van der Waals surface area contributed by atoms with Crippen LogP contribution in [-0.4, -0.2) is 28.5 Å². The van der Waals surface area contributed by atoms with E-state index >= 15 is 0 Å². The van der Waals surface area contributed by atoms with Crippen molar-refractivity contribution in [1.29, 1.82) is 0 Å².